The Morgan fingerprint density at radius 1 is 1.35 bits per heavy atom. The molecule has 1 unspecified atom stereocenters. The summed E-state index contributed by atoms with van der Waals surface area (Å²) in [6.45, 7) is 0.778. The summed E-state index contributed by atoms with van der Waals surface area (Å²) in [6, 6.07) is 7.75. The van der Waals surface area contributed by atoms with Crippen molar-refractivity contribution in [2.24, 2.45) is 0 Å². The molecule has 2 aromatic heterocycles. The van der Waals surface area contributed by atoms with Gasteiger partial charge in [-0.1, -0.05) is 11.6 Å². The van der Waals surface area contributed by atoms with E-state index < -0.39 is 11.6 Å². The van der Waals surface area contributed by atoms with Gasteiger partial charge in [0.05, 0.1) is 29.9 Å². The van der Waals surface area contributed by atoms with Gasteiger partial charge < -0.3 is 20.4 Å². The zero-order valence-electron chi connectivity index (χ0n) is 16.4. The summed E-state index contributed by atoms with van der Waals surface area (Å²) < 4.78 is 13.6. The van der Waals surface area contributed by atoms with E-state index in [0.717, 1.165) is 5.56 Å². The highest BCUT2D eigenvalue weighted by Gasteiger charge is 2.41. The van der Waals surface area contributed by atoms with E-state index in [0.29, 0.717) is 53.0 Å². The van der Waals surface area contributed by atoms with Crippen LogP contribution in [-0.4, -0.2) is 39.4 Å². The van der Waals surface area contributed by atoms with E-state index >= 15 is 0 Å². The number of pyridine rings is 1. The van der Waals surface area contributed by atoms with E-state index in [1.807, 2.05) is 4.90 Å². The Morgan fingerprint density at radius 2 is 2.13 bits per heavy atom. The van der Waals surface area contributed by atoms with Gasteiger partial charge in [0.15, 0.2) is 4.47 Å². The van der Waals surface area contributed by atoms with Gasteiger partial charge in [-0.15, -0.1) is 11.3 Å². The number of thiazole rings is 1. The third kappa shape index (κ3) is 4.48. The number of carboxylic acid groups (broad SMARTS) is 1. The van der Waals surface area contributed by atoms with Gasteiger partial charge in [0.2, 0.25) is 0 Å². The van der Waals surface area contributed by atoms with Crippen molar-refractivity contribution >= 4 is 34.7 Å². The van der Waals surface area contributed by atoms with Crippen molar-refractivity contribution in [2.75, 3.05) is 18.0 Å². The molecule has 3 heterocycles. The first-order chi connectivity index (χ1) is 14.9. The molecule has 0 aliphatic carbocycles. The molecule has 10 heteroatoms. The van der Waals surface area contributed by atoms with Crippen molar-refractivity contribution in [1.29, 1.82) is 0 Å². The molecule has 3 N–H and O–H groups in total. The number of hydrogen-bond acceptors (Lipinski definition) is 6. The Labute approximate surface area is 187 Å². The average molecular weight is 463 g/mol. The van der Waals surface area contributed by atoms with Gasteiger partial charge in [-0.05, 0) is 43.2 Å². The van der Waals surface area contributed by atoms with Crippen LogP contribution < -0.4 is 10.2 Å². The summed E-state index contributed by atoms with van der Waals surface area (Å²) >= 11 is 7.27. The van der Waals surface area contributed by atoms with Crippen LogP contribution in [-0.2, 0) is 12.1 Å². The van der Waals surface area contributed by atoms with Crippen molar-refractivity contribution in [3.63, 3.8) is 0 Å². The van der Waals surface area contributed by atoms with Gasteiger partial charge in [0.1, 0.15) is 11.4 Å². The van der Waals surface area contributed by atoms with Gasteiger partial charge in [0, 0.05) is 29.6 Å². The van der Waals surface area contributed by atoms with E-state index in [4.69, 9.17) is 11.6 Å². The normalized spacial score (nSPS) is 18.7. The number of aromatic nitrogens is 2. The number of benzene rings is 1. The molecular weight excluding hydrogens is 443 g/mol. The fraction of sp³-hybridized carbons (Fsp3) is 0.286. The number of nitrogens with zero attached hydrogens (tertiary/aromatic N) is 3. The van der Waals surface area contributed by atoms with Crippen molar-refractivity contribution in [3.05, 3.63) is 63.5 Å². The van der Waals surface area contributed by atoms with Crippen molar-refractivity contribution in [3.8, 4) is 11.3 Å². The molecular formula is C21H20ClFN4O3S. The molecule has 0 saturated carbocycles. The summed E-state index contributed by atoms with van der Waals surface area (Å²) in [5.41, 5.74) is 2.38. The molecule has 1 saturated heterocycles. The minimum atomic E-state index is -1.14. The minimum absolute atomic E-state index is 0.218. The first kappa shape index (κ1) is 21.5. The van der Waals surface area contributed by atoms with Gasteiger partial charge in [-0.25, -0.2) is 14.2 Å². The molecule has 1 aliphatic heterocycles. The van der Waals surface area contributed by atoms with Crippen LogP contribution in [0.15, 0.2) is 41.9 Å². The molecule has 1 aromatic carbocycles. The number of anilines is 1. The highest BCUT2D eigenvalue weighted by Crippen LogP contribution is 2.37. The highest BCUT2D eigenvalue weighted by molar-refractivity contribution is 7.14. The van der Waals surface area contributed by atoms with Gasteiger partial charge in [0.25, 0.3) is 0 Å². The number of piperidine rings is 1. The zero-order valence-corrected chi connectivity index (χ0v) is 18.0. The number of aliphatic hydroxyl groups excluding tert-OH is 1. The van der Waals surface area contributed by atoms with E-state index in [9.17, 15) is 19.4 Å². The molecule has 1 atom stereocenters. The zero-order chi connectivity index (χ0) is 22.0. The van der Waals surface area contributed by atoms with E-state index in [2.05, 4.69) is 15.3 Å². The highest BCUT2D eigenvalue weighted by atomic mass is 35.5. The van der Waals surface area contributed by atoms with Crippen molar-refractivity contribution in [2.45, 2.75) is 25.0 Å². The molecule has 0 radical (unpaired) electrons. The van der Waals surface area contributed by atoms with Crippen LogP contribution in [0.25, 0.3) is 11.3 Å². The second-order valence-corrected chi connectivity index (χ2v) is 8.83. The number of aliphatic hydroxyl groups is 1. The predicted octanol–water partition coefficient (Wildman–Crippen LogP) is 4.25. The Kier molecular flexibility index (Phi) is 6.08. The summed E-state index contributed by atoms with van der Waals surface area (Å²) in [4.78, 5) is 22.4. The predicted molar refractivity (Wildman–Crippen MR) is 117 cm³/mol. The third-order valence-electron chi connectivity index (χ3n) is 5.42. The molecule has 0 bridgehead atoms. The Hall–Kier alpha value is -2.75. The lowest BCUT2D eigenvalue weighted by Gasteiger charge is -2.43. The third-order valence-corrected chi connectivity index (χ3v) is 6.40. The molecule has 7 nitrogen and oxygen atoms in total. The molecule has 1 fully saturated rings. The number of carbonyl (C=O) groups is 1. The second-order valence-electron chi connectivity index (χ2n) is 7.39. The van der Waals surface area contributed by atoms with E-state index in [1.54, 1.807) is 29.8 Å². The van der Waals surface area contributed by atoms with Crippen LogP contribution in [0.2, 0.25) is 4.47 Å². The standard InChI is InChI=1S/C21H20ClFN4O3S/c22-19-25-18(11-31-19)21(26-20(29)30)6-1-7-27(12-21)17-9-24-16(8-14(17)10-28)13-2-4-15(23)5-3-13/h2-5,8-9,11,26,28H,1,6-7,10,12H2,(H,29,30). The summed E-state index contributed by atoms with van der Waals surface area (Å²) in [5.74, 6) is -0.333. The van der Waals surface area contributed by atoms with Crippen molar-refractivity contribution < 1.29 is 19.4 Å². The topological polar surface area (TPSA) is 98.6 Å². The maximum absolute atomic E-state index is 13.2. The molecule has 1 aliphatic rings. The van der Waals surface area contributed by atoms with Crippen LogP contribution in [0, 0.1) is 5.82 Å². The SMILES string of the molecule is O=C(O)NC1(c2csc(Cl)n2)CCCN(c2cnc(-c3ccc(F)cc3)cc2CO)C1. The molecule has 1 amide bonds. The lowest BCUT2D eigenvalue weighted by molar-refractivity contribution is 0.169. The monoisotopic (exact) mass is 462 g/mol. The Balaban J connectivity index is 1.68. The number of halogens is 2. The summed E-state index contributed by atoms with van der Waals surface area (Å²) in [5, 5.41) is 23.9. The number of nitrogens with one attached hydrogen (secondary N) is 1. The minimum Gasteiger partial charge on any atom is -0.465 e. The quantitative estimate of drug-likeness (QED) is 0.524. The fourth-order valence-electron chi connectivity index (χ4n) is 3.99. The largest absolute Gasteiger partial charge is 0.465 e. The molecule has 0 spiro atoms. The molecule has 3 aromatic rings. The first-order valence-corrected chi connectivity index (χ1v) is 10.9. The maximum Gasteiger partial charge on any atom is 0.405 e. The maximum atomic E-state index is 13.2. The summed E-state index contributed by atoms with van der Waals surface area (Å²) in [7, 11) is 0. The number of amides is 1. The second kappa shape index (κ2) is 8.78. The van der Waals surface area contributed by atoms with Crippen LogP contribution >= 0.6 is 22.9 Å². The van der Waals surface area contributed by atoms with Crippen LogP contribution in [0.1, 0.15) is 24.1 Å². The number of hydrogen-bond donors (Lipinski definition) is 3. The Bertz CT molecular complexity index is 1090. The Morgan fingerprint density at radius 3 is 2.77 bits per heavy atom. The van der Waals surface area contributed by atoms with Crippen molar-refractivity contribution in [1.82, 2.24) is 15.3 Å². The lowest BCUT2D eigenvalue weighted by atomic mass is 9.86. The van der Waals surface area contributed by atoms with Gasteiger partial charge in [-0.2, -0.15) is 0 Å². The van der Waals surface area contributed by atoms with Gasteiger partial charge >= 0.3 is 6.09 Å². The molecule has 31 heavy (non-hydrogen) atoms. The van der Waals surface area contributed by atoms with Gasteiger partial charge in [-0.3, -0.25) is 4.98 Å². The molecule has 4 rings (SSSR count). The first-order valence-electron chi connectivity index (χ1n) is 9.63. The van der Waals surface area contributed by atoms with Crippen LogP contribution in [0.5, 0.6) is 0 Å². The van der Waals surface area contributed by atoms with Crippen LogP contribution in [0.4, 0.5) is 14.9 Å². The van der Waals surface area contributed by atoms with E-state index in [1.165, 1.54) is 23.5 Å². The fourth-order valence-corrected chi connectivity index (χ4v) is 4.86. The molecule has 162 valence electrons. The summed E-state index contributed by atoms with van der Waals surface area (Å²) in [6.07, 6.45) is 1.80. The average Bonchev–Trinajstić information content (AvgIpc) is 3.20. The van der Waals surface area contributed by atoms with Crippen LogP contribution in [0.3, 0.4) is 0 Å². The lowest BCUT2D eigenvalue weighted by Crippen LogP contribution is -2.56. The number of rotatable bonds is 5. The van der Waals surface area contributed by atoms with E-state index in [-0.39, 0.29) is 12.4 Å². The smallest absolute Gasteiger partial charge is 0.405 e.